The molecule has 0 saturated heterocycles. The van der Waals surface area contributed by atoms with Crippen LogP contribution in [0, 0.1) is 11.3 Å². The van der Waals surface area contributed by atoms with E-state index >= 15 is 0 Å². The van der Waals surface area contributed by atoms with E-state index in [2.05, 4.69) is 0 Å². The van der Waals surface area contributed by atoms with Gasteiger partial charge in [-0.15, -0.1) is 0 Å². The van der Waals surface area contributed by atoms with Crippen LogP contribution < -0.4 is 0 Å². The topological polar surface area (TPSA) is 52.6 Å². The fraction of sp³-hybridized carbons (Fsp3) is 0.875. The second kappa shape index (κ2) is 5.38. The molecular formula is C16H28O4. The van der Waals surface area contributed by atoms with Crippen LogP contribution in [0.25, 0.3) is 0 Å². The molecule has 0 aromatic rings. The Kier molecular flexibility index (Phi) is 4.57. The minimum absolute atomic E-state index is 0.0206. The van der Waals surface area contributed by atoms with Crippen molar-refractivity contribution in [2.24, 2.45) is 11.3 Å². The molecule has 0 bridgehead atoms. The quantitative estimate of drug-likeness (QED) is 0.588. The minimum atomic E-state index is -1.10. The van der Waals surface area contributed by atoms with E-state index in [0.29, 0.717) is 6.42 Å². The lowest BCUT2D eigenvalue weighted by Gasteiger charge is -2.46. The van der Waals surface area contributed by atoms with Crippen LogP contribution in [0.4, 0.5) is 0 Å². The normalized spacial score (nSPS) is 21.9. The summed E-state index contributed by atoms with van der Waals surface area (Å²) in [5.41, 5.74) is -2.30. The Balaban J connectivity index is 3.00. The number of carbonyl (C=O) groups excluding carboxylic acids is 2. The van der Waals surface area contributed by atoms with Crippen molar-refractivity contribution in [1.82, 2.24) is 0 Å². The summed E-state index contributed by atoms with van der Waals surface area (Å²) in [4.78, 5) is 25.1. The number of esters is 2. The smallest absolute Gasteiger partial charge is 0.324 e. The lowest BCUT2D eigenvalue weighted by Crippen LogP contribution is -2.56. The number of rotatable bonds is 3. The zero-order chi connectivity index (χ0) is 15.8. The van der Waals surface area contributed by atoms with Crippen molar-refractivity contribution < 1.29 is 19.1 Å². The summed E-state index contributed by atoms with van der Waals surface area (Å²) in [5, 5.41) is 0. The number of ether oxygens (including phenoxy) is 2. The average Bonchev–Trinajstić information content (AvgIpc) is 2.10. The maximum absolute atomic E-state index is 12.5. The maximum Gasteiger partial charge on any atom is 0.324 e. The van der Waals surface area contributed by atoms with E-state index < -0.39 is 28.6 Å². The highest BCUT2D eigenvalue weighted by Crippen LogP contribution is 2.51. The Bertz CT molecular complexity index is 354. The van der Waals surface area contributed by atoms with E-state index in [1.165, 1.54) is 0 Å². The second-order valence-corrected chi connectivity index (χ2v) is 7.62. The highest BCUT2D eigenvalue weighted by molar-refractivity contribution is 6.01. The Morgan fingerprint density at radius 3 is 1.60 bits per heavy atom. The molecule has 20 heavy (non-hydrogen) atoms. The standard InChI is InChI=1S/C16H28O4/c1-8-11-9-10-16(11,12(17)19-14(2,3)4)13(18)20-15(5,6)7/h11H,8-10H2,1-7H3. The van der Waals surface area contributed by atoms with Gasteiger partial charge in [0.05, 0.1) is 0 Å². The first-order chi connectivity index (χ1) is 8.92. The molecule has 0 amide bonds. The molecule has 1 unspecified atom stereocenters. The molecule has 1 aliphatic carbocycles. The Morgan fingerprint density at radius 1 is 1.00 bits per heavy atom. The van der Waals surface area contributed by atoms with Gasteiger partial charge in [0.15, 0.2) is 5.41 Å². The van der Waals surface area contributed by atoms with E-state index in [4.69, 9.17) is 9.47 Å². The molecule has 0 aliphatic heterocycles. The van der Waals surface area contributed by atoms with Crippen molar-refractivity contribution in [2.75, 3.05) is 0 Å². The molecule has 1 rings (SSSR count). The highest BCUT2D eigenvalue weighted by atomic mass is 16.6. The summed E-state index contributed by atoms with van der Waals surface area (Å²) in [7, 11) is 0. The Hall–Kier alpha value is -1.06. The van der Waals surface area contributed by atoms with Crippen molar-refractivity contribution in [2.45, 2.75) is 78.9 Å². The van der Waals surface area contributed by atoms with Crippen LogP contribution in [0.15, 0.2) is 0 Å². The molecule has 1 saturated carbocycles. The first kappa shape index (κ1) is 17.0. The van der Waals surface area contributed by atoms with Gasteiger partial charge >= 0.3 is 11.9 Å². The van der Waals surface area contributed by atoms with Gasteiger partial charge in [-0.1, -0.05) is 13.3 Å². The van der Waals surface area contributed by atoms with Crippen molar-refractivity contribution >= 4 is 11.9 Å². The highest BCUT2D eigenvalue weighted by Gasteiger charge is 2.61. The van der Waals surface area contributed by atoms with Crippen LogP contribution >= 0.6 is 0 Å². The molecule has 0 radical (unpaired) electrons. The Labute approximate surface area is 122 Å². The SMILES string of the molecule is CCC1CCC1(C(=O)OC(C)(C)C)C(=O)OC(C)(C)C. The lowest BCUT2D eigenvalue weighted by molar-refractivity contribution is -0.200. The second-order valence-electron chi connectivity index (χ2n) is 7.62. The van der Waals surface area contributed by atoms with Crippen LogP contribution in [0.3, 0.4) is 0 Å². The number of hydrogen-bond acceptors (Lipinski definition) is 4. The Morgan fingerprint density at radius 2 is 1.40 bits per heavy atom. The van der Waals surface area contributed by atoms with E-state index in [1.54, 1.807) is 0 Å². The third-order valence-electron chi connectivity index (χ3n) is 3.60. The van der Waals surface area contributed by atoms with Gasteiger partial charge in [0.2, 0.25) is 0 Å². The summed E-state index contributed by atoms with van der Waals surface area (Å²) < 4.78 is 10.9. The summed E-state index contributed by atoms with van der Waals surface area (Å²) in [6, 6.07) is 0. The summed E-state index contributed by atoms with van der Waals surface area (Å²) in [6.07, 6.45) is 2.17. The monoisotopic (exact) mass is 284 g/mol. The van der Waals surface area contributed by atoms with Gasteiger partial charge < -0.3 is 9.47 Å². The van der Waals surface area contributed by atoms with Crippen molar-refractivity contribution in [3.63, 3.8) is 0 Å². The van der Waals surface area contributed by atoms with Crippen LogP contribution in [0.2, 0.25) is 0 Å². The predicted molar refractivity (Wildman–Crippen MR) is 77.1 cm³/mol. The van der Waals surface area contributed by atoms with Gasteiger partial charge in [0.25, 0.3) is 0 Å². The number of carbonyl (C=O) groups is 2. The van der Waals surface area contributed by atoms with Gasteiger partial charge in [-0.3, -0.25) is 9.59 Å². The van der Waals surface area contributed by atoms with E-state index in [0.717, 1.165) is 12.8 Å². The van der Waals surface area contributed by atoms with Crippen LogP contribution in [-0.4, -0.2) is 23.1 Å². The largest absolute Gasteiger partial charge is 0.459 e. The van der Waals surface area contributed by atoms with Crippen molar-refractivity contribution in [3.05, 3.63) is 0 Å². The molecule has 0 aromatic heterocycles. The van der Waals surface area contributed by atoms with Crippen molar-refractivity contribution in [3.8, 4) is 0 Å². The van der Waals surface area contributed by atoms with Gasteiger partial charge in [0, 0.05) is 0 Å². The number of hydrogen-bond donors (Lipinski definition) is 0. The molecule has 0 aromatic carbocycles. The van der Waals surface area contributed by atoms with Crippen molar-refractivity contribution in [1.29, 1.82) is 0 Å². The molecule has 116 valence electrons. The average molecular weight is 284 g/mol. The lowest BCUT2D eigenvalue weighted by atomic mass is 9.58. The van der Waals surface area contributed by atoms with E-state index in [9.17, 15) is 9.59 Å². The molecule has 0 heterocycles. The molecule has 0 N–H and O–H groups in total. The zero-order valence-corrected chi connectivity index (χ0v) is 13.8. The summed E-state index contributed by atoms with van der Waals surface area (Å²) in [6.45, 7) is 12.9. The third kappa shape index (κ3) is 3.53. The molecular weight excluding hydrogens is 256 g/mol. The molecule has 1 aliphatic rings. The van der Waals surface area contributed by atoms with E-state index in [1.807, 2.05) is 48.5 Å². The van der Waals surface area contributed by atoms with Crippen LogP contribution in [-0.2, 0) is 19.1 Å². The first-order valence-electron chi connectivity index (χ1n) is 7.39. The van der Waals surface area contributed by atoms with Gasteiger partial charge in [-0.2, -0.15) is 0 Å². The predicted octanol–water partition coefficient (Wildman–Crippen LogP) is 3.48. The maximum atomic E-state index is 12.5. The molecule has 1 atom stereocenters. The zero-order valence-electron chi connectivity index (χ0n) is 13.8. The summed E-state index contributed by atoms with van der Waals surface area (Å²) >= 11 is 0. The van der Waals surface area contributed by atoms with Crippen LogP contribution in [0.5, 0.6) is 0 Å². The van der Waals surface area contributed by atoms with Gasteiger partial charge in [-0.05, 0) is 60.3 Å². The first-order valence-corrected chi connectivity index (χ1v) is 7.39. The molecule has 4 heteroatoms. The molecule has 0 spiro atoms. The third-order valence-corrected chi connectivity index (χ3v) is 3.60. The van der Waals surface area contributed by atoms with Crippen LogP contribution in [0.1, 0.15) is 67.7 Å². The molecule has 4 nitrogen and oxygen atoms in total. The fourth-order valence-corrected chi connectivity index (χ4v) is 2.55. The summed E-state index contributed by atoms with van der Waals surface area (Å²) in [5.74, 6) is -0.845. The van der Waals surface area contributed by atoms with Gasteiger partial charge in [0.1, 0.15) is 11.2 Å². The van der Waals surface area contributed by atoms with Gasteiger partial charge in [-0.25, -0.2) is 0 Å². The fourth-order valence-electron chi connectivity index (χ4n) is 2.55. The molecule has 1 fully saturated rings. The minimum Gasteiger partial charge on any atom is -0.459 e. The van der Waals surface area contributed by atoms with E-state index in [-0.39, 0.29) is 5.92 Å².